The average Bonchev–Trinajstić information content (AvgIpc) is 2.75. The third-order valence-corrected chi connectivity index (χ3v) is 6.04. The number of anilines is 1. The standard InChI is InChI=1S/C25H23BrClNO3/c1-3-30-22-13-17-14-24(29)28(20-11-9-19(27)10-12-20)25(16-5-7-18(26)8-6-16)21(17)15-23(22)31-4-2/h5-13,15,25H,3-4,14H2,1-2H3/t25-/m1/s1. The first-order valence-corrected chi connectivity index (χ1v) is 11.4. The van der Waals surface area contributed by atoms with Crippen LogP contribution in [0.15, 0.2) is 65.1 Å². The average molecular weight is 501 g/mol. The zero-order valence-electron chi connectivity index (χ0n) is 17.4. The van der Waals surface area contributed by atoms with Crippen LogP contribution in [0.1, 0.15) is 36.6 Å². The molecule has 0 spiro atoms. The van der Waals surface area contributed by atoms with Crippen LogP contribution in [0, 0.1) is 0 Å². The second-order valence-corrected chi connectivity index (χ2v) is 8.59. The number of nitrogens with zero attached hydrogens (tertiary/aromatic N) is 1. The third kappa shape index (κ3) is 4.43. The molecule has 4 nitrogen and oxygen atoms in total. The fourth-order valence-corrected chi connectivity index (χ4v) is 4.35. The van der Waals surface area contributed by atoms with Gasteiger partial charge >= 0.3 is 0 Å². The van der Waals surface area contributed by atoms with E-state index in [1.165, 1.54) is 0 Å². The largest absolute Gasteiger partial charge is 0.490 e. The highest BCUT2D eigenvalue weighted by Crippen LogP contribution is 2.43. The van der Waals surface area contributed by atoms with Crippen molar-refractivity contribution in [3.8, 4) is 11.5 Å². The van der Waals surface area contributed by atoms with E-state index in [9.17, 15) is 4.79 Å². The van der Waals surface area contributed by atoms with Crippen LogP contribution in [0.2, 0.25) is 5.02 Å². The molecule has 0 unspecified atom stereocenters. The Morgan fingerprint density at radius 1 is 0.968 bits per heavy atom. The van der Waals surface area contributed by atoms with Crippen LogP contribution in [0.3, 0.4) is 0 Å². The number of benzene rings is 3. The van der Waals surface area contributed by atoms with Gasteiger partial charge in [-0.05, 0) is 79.1 Å². The molecule has 0 bridgehead atoms. The van der Waals surface area contributed by atoms with E-state index in [0.717, 1.165) is 26.9 Å². The predicted molar refractivity (Wildman–Crippen MR) is 127 cm³/mol. The smallest absolute Gasteiger partial charge is 0.232 e. The topological polar surface area (TPSA) is 38.8 Å². The number of ether oxygens (including phenoxy) is 2. The van der Waals surface area contributed by atoms with Gasteiger partial charge in [-0.15, -0.1) is 0 Å². The van der Waals surface area contributed by atoms with Gasteiger partial charge in [-0.2, -0.15) is 0 Å². The molecule has 0 aliphatic carbocycles. The highest BCUT2D eigenvalue weighted by molar-refractivity contribution is 9.10. The highest BCUT2D eigenvalue weighted by Gasteiger charge is 2.36. The summed E-state index contributed by atoms with van der Waals surface area (Å²) < 4.78 is 12.7. The summed E-state index contributed by atoms with van der Waals surface area (Å²) >= 11 is 9.61. The molecule has 4 rings (SSSR count). The monoisotopic (exact) mass is 499 g/mol. The molecule has 0 aromatic heterocycles. The van der Waals surface area contributed by atoms with Crippen LogP contribution < -0.4 is 14.4 Å². The summed E-state index contributed by atoms with van der Waals surface area (Å²) in [5.74, 6) is 1.38. The highest BCUT2D eigenvalue weighted by atomic mass is 79.9. The minimum absolute atomic E-state index is 0.0225. The van der Waals surface area contributed by atoms with Gasteiger partial charge in [0.05, 0.1) is 25.7 Å². The maximum Gasteiger partial charge on any atom is 0.232 e. The van der Waals surface area contributed by atoms with Gasteiger partial charge < -0.3 is 14.4 Å². The van der Waals surface area contributed by atoms with Crippen molar-refractivity contribution in [3.63, 3.8) is 0 Å². The van der Waals surface area contributed by atoms with Gasteiger partial charge in [0.25, 0.3) is 0 Å². The van der Waals surface area contributed by atoms with Crippen molar-refractivity contribution in [1.29, 1.82) is 0 Å². The molecule has 160 valence electrons. The SMILES string of the molecule is CCOc1cc2c(cc1OCC)[C@@H](c1ccc(Br)cc1)N(c1ccc(Cl)cc1)C(=O)C2. The molecule has 0 fully saturated rings. The fraction of sp³-hybridized carbons (Fsp3) is 0.240. The maximum atomic E-state index is 13.4. The number of hydrogen-bond donors (Lipinski definition) is 0. The quantitative estimate of drug-likeness (QED) is 0.384. The zero-order chi connectivity index (χ0) is 22.0. The molecule has 0 radical (unpaired) electrons. The number of halogens is 2. The van der Waals surface area contributed by atoms with Crippen molar-refractivity contribution in [3.05, 3.63) is 86.8 Å². The van der Waals surface area contributed by atoms with Crippen molar-refractivity contribution < 1.29 is 14.3 Å². The molecule has 0 saturated carbocycles. The van der Waals surface area contributed by atoms with Gasteiger partial charge in [0, 0.05) is 15.2 Å². The summed E-state index contributed by atoms with van der Waals surface area (Å²) in [5.41, 5.74) is 3.80. The second kappa shape index (κ2) is 9.33. The van der Waals surface area contributed by atoms with Gasteiger partial charge in [-0.3, -0.25) is 4.79 Å². The minimum atomic E-state index is -0.291. The molecular weight excluding hydrogens is 478 g/mol. The molecule has 31 heavy (non-hydrogen) atoms. The van der Waals surface area contributed by atoms with E-state index in [4.69, 9.17) is 21.1 Å². The summed E-state index contributed by atoms with van der Waals surface area (Å²) in [4.78, 5) is 15.2. The van der Waals surface area contributed by atoms with Crippen molar-refractivity contribution in [1.82, 2.24) is 0 Å². The molecule has 1 aliphatic heterocycles. The summed E-state index contributed by atoms with van der Waals surface area (Å²) in [7, 11) is 0. The molecule has 3 aromatic carbocycles. The Morgan fingerprint density at radius 2 is 1.58 bits per heavy atom. The number of fused-ring (bicyclic) bond motifs is 1. The lowest BCUT2D eigenvalue weighted by Crippen LogP contribution is -2.41. The van der Waals surface area contributed by atoms with Crippen LogP contribution in [0.5, 0.6) is 11.5 Å². The van der Waals surface area contributed by atoms with Gasteiger partial charge in [-0.25, -0.2) is 0 Å². The second-order valence-electron chi connectivity index (χ2n) is 7.23. The van der Waals surface area contributed by atoms with Crippen LogP contribution >= 0.6 is 27.5 Å². The van der Waals surface area contributed by atoms with E-state index >= 15 is 0 Å². The molecule has 0 N–H and O–H groups in total. The number of carbonyl (C=O) groups excluding carboxylic acids is 1. The molecule has 1 amide bonds. The number of hydrogen-bond acceptors (Lipinski definition) is 3. The Hall–Kier alpha value is -2.50. The maximum absolute atomic E-state index is 13.4. The van der Waals surface area contributed by atoms with Crippen molar-refractivity contribution in [2.75, 3.05) is 18.1 Å². The van der Waals surface area contributed by atoms with Gasteiger partial charge in [-0.1, -0.05) is 39.7 Å². The minimum Gasteiger partial charge on any atom is -0.490 e. The van der Waals surface area contributed by atoms with E-state index in [0.29, 0.717) is 29.7 Å². The first-order valence-electron chi connectivity index (χ1n) is 10.3. The molecular formula is C25H23BrClNO3. The van der Waals surface area contributed by atoms with Crippen LogP contribution in [-0.2, 0) is 11.2 Å². The zero-order valence-corrected chi connectivity index (χ0v) is 19.7. The lowest BCUT2D eigenvalue weighted by molar-refractivity contribution is -0.118. The number of carbonyl (C=O) groups is 1. The van der Waals surface area contributed by atoms with Crippen molar-refractivity contribution >= 4 is 39.1 Å². The molecule has 3 aromatic rings. The van der Waals surface area contributed by atoms with Crippen LogP contribution in [0.4, 0.5) is 5.69 Å². The van der Waals surface area contributed by atoms with Crippen LogP contribution in [0.25, 0.3) is 0 Å². The van der Waals surface area contributed by atoms with Crippen molar-refractivity contribution in [2.45, 2.75) is 26.3 Å². The Bertz CT molecular complexity index is 1080. The molecule has 0 saturated heterocycles. The molecule has 1 heterocycles. The first kappa shape index (κ1) is 21.7. The Balaban J connectivity index is 1.91. The van der Waals surface area contributed by atoms with Crippen LogP contribution in [-0.4, -0.2) is 19.1 Å². The molecule has 1 atom stereocenters. The lowest BCUT2D eigenvalue weighted by atomic mass is 9.87. The number of rotatable bonds is 6. The Morgan fingerprint density at radius 3 is 2.19 bits per heavy atom. The van der Waals surface area contributed by atoms with E-state index in [1.54, 1.807) is 0 Å². The Kier molecular flexibility index (Phi) is 6.54. The third-order valence-electron chi connectivity index (χ3n) is 5.26. The molecule has 1 aliphatic rings. The normalized spacial score (nSPS) is 15.5. The predicted octanol–water partition coefficient (Wildman–Crippen LogP) is 6.58. The number of amides is 1. The summed E-state index contributed by atoms with van der Waals surface area (Å²) in [6.45, 7) is 4.94. The Labute approximate surface area is 195 Å². The van der Waals surface area contributed by atoms with E-state index in [1.807, 2.05) is 79.4 Å². The first-order chi connectivity index (χ1) is 15.0. The summed E-state index contributed by atoms with van der Waals surface area (Å²) in [5, 5.41) is 0.633. The van der Waals surface area contributed by atoms with E-state index in [-0.39, 0.29) is 18.4 Å². The van der Waals surface area contributed by atoms with Gasteiger partial charge in [0.1, 0.15) is 0 Å². The van der Waals surface area contributed by atoms with Crippen molar-refractivity contribution in [2.24, 2.45) is 0 Å². The summed E-state index contributed by atoms with van der Waals surface area (Å²) in [6, 6.07) is 19.1. The fourth-order valence-electron chi connectivity index (χ4n) is 3.96. The van der Waals surface area contributed by atoms with Gasteiger partial charge in [0.15, 0.2) is 11.5 Å². The lowest BCUT2D eigenvalue weighted by Gasteiger charge is -2.38. The van der Waals surface area contributed by atoms with E-state index in [2.05, 4.69) is 15.9 Å². The van der Waals surface area contributed by atoms with Gasteiger partial charge in [0.2, 0.25) is 5.91 Å². The van der Waals surface area contributed by atoms with E-state index < -0.39 is 0 Å². The summed E-state index contributed by atoms with van der Waals surface area (Å²) in [6.07, 6.45) is 0.289. The molecule has 6 heteroatoms.